The van der Waals surface area contributed by atoms with E-state index < -0.39 is 97.0 Å². The number of ketones is 1. The molecule has 1 unspecified atom stereocenters. The summed E-state index contributed by atoms with van der Waals surface area (Å²) in [6.07, 6.45) is -9.12. The summed E-state index contributed by atoms with van der Waals surface area (Å²) in [6.45, 7) is 0.212. The fraction of sp³-hybridized carbons (Fsp3) is 0.438. The van der Waals surface area contributed by atoms with Crippen LogP contribution < -0.4 is 22.5 Å². The van der Waals surface area contributed by atoms with Gasteiger partial charge in [-0.2, -0.15) is 0 Å². The third-order valence-electron chi connectivity index (χ3n) is 7.58. The lowest BCUT2D eigenvalue weighted by atomic mass is 9.83. The standard InChI is InChI=1S/C32H43N5O12/c1-2-9-19(33)30(45)37(32(48)49-16-17-10-5-3-6-11-17)21(14-22(34)39)29(44)36-20(15-38)25(40)27(42)28(43)26(41)23(24(35)31(46)47)18-12-7-4-8-13-18/h3-8,10-13,19-21,23-25,27-28,38,40,42-43H,2,9,14-16,33,35H2,1H3,(H2,34,39)(H,36,44)(H,46,47)/t19-,20-,21-,23?,24-,25+,27+,28+/m0/s1. The Morgan fingerprint density at radius 1 is 0.898 bits per heavy atom. The lowest BCUT2D eigenvalue weighted by Gasteiger charge is -2.33. The predicted octanol–water partition coefficient (Wildman–Crippen LogP) is -2.15. The van der Waals surface area contributed by atoms with E-state index in [4.69, 9.17) is 21.9 Å². The molecule has 17 heteroatoms. The molecule has 0 spiro atoms. The molecule has 0 saturated heterocycles. The van der Waals surface area contributed by atoms with E-state index >= 15 is 0 Å². The summed E-state index contributed by atoms with van der Waals surface area (Å²) in [4.78, 5) is 77.4. The lowest BCUT2D eigenvalue weighted by molar-refractivity contribution is -0.149. The second kappa shape index (κ2) is 19.3. The number of aliphatic hydroxyl groups excluding tert-OH is 4. The number of imide groups is 1. The van der Waals surface area contributed by atoms with Gasteiger partial charge in [0.05, 0.1) is 31.0 Å². The second-order valence-electron chi connectivity index (χ2n) is 11.2. The Hall–Kier alpha value is -4.78. The van der Waals surface area contributed by atoms with E-state index in [1.54, 1.807) is 43.3 Å². The van der Waals surface area contributed by atoms with Crippen LogP contribution in [0.1, 0.15) is 43.2 Å². The quantitative estimate of drug-likeness (QED) is 0.0760. The van der Waals surface area contributed by atoms with Crippen LogP contribution in [0.15, 0.2) is 60.7 Å². The second-order valence-corrected chi connectivity index (χ2v) is 11.2. The van der Waals surface area contributed by atoms with E-state index in [0.29, 0.717) is 16.9 Å². The van der Waals surface area contributed by atoms with Crippen molar-refractivity contribution in [2.24, 2.45) is 17.2 Å². The number of amides is 4. The lowest BCUT2D eigenvalue weighted by Crippen LogP contribution is -2.62. The number of hydrogen-bond donors (Lipinski definition) is 9. The molecule has 0 aliphatic heterocycles. The van der Waals surface area contributed by atoms with Crippen molar-refractivity contribution >= 4 is 35.6 Å². The summed E-state index contributed by atoms with van der Waals surface area (Å²) in [7, 11) is 0. The van der Waals surface area contributed by atoms with Crippen LogP contribution in [0, 0.1) is 0 Å². The van der Waals surface area contributed by atoms with E-state index in [1.165, 1.54) is 24.3 Å². The third-order valence-corrected chi connectivity index (χ3v) is 7.58. The van der Waals surface area contributed by atoms with Gasteiger partial charge >= 0.3 is 12.1 Å². The Balaban J connectivity index is 2.37. The summed E-state index contributed by atoms with van der Waals surface area (Å²) >= 11 is 0. The molecule has 4 amide bonds. The number of hydrogen-bond acceptors (Lipinski definition) is 13. The molecular formula is C32H43N5O12. The molecule has 2 aromatic carbocycles. The SMILES string of the molecule is CCC[C@H](N)C(=O)N(C(=O)OCc1ccccc1)[C@@H](CC(N)=O)C(=O)N[C@@H](CO)[C@@H](O)[C@@H](O)[C@H](O)C(=O)C(c1ccccc1)[C@H](N)C(=O)O. The van der Waals surface area contributed by atoms with E-state index in [0.717, 1.165) is 0 Å². The van der Waals surface area contributed by atoms with Gasteiger partial charge in [0.1, 0.15) is 37.0 Å². The number of nitrogens with one attached hydrogen (secondary N) is 1. The van der Waals surface area contributed by atoms with Crippen molar-refractivity contribution in [3.05, 3.63) is 71.8 Å². The van der Waals surface area contributed by atoms with Gasteiger partial charge < -0.3 is 52.8 Å². The first-order chi connectivity index (χ1) is 23.2. The topological polar surface area (TPSA) is 306 Å². The van der Waals surface area contributed by atoms with E-state index in [2.05, 4.69) is 5.32 Å². The third kappa shape index (κ3) is 11.1. The minimum absolute atomic E-state index is 0.0673. The van der Waals surface area contributed by atoms with Crippen LogP contribution in [0.2, 0.25) is 0 Å². The zero-order valence-corrected chi connectivity index (χ0v) is 26.7. The maximum Gasteiger partial charge on any atom is 0.417 e. The number of carboxylic acid groups (broad SMARTS) is 1. The molecular weight excluding hydrogens is 646 g/mol. The molecule has 268 valence electrons. The van der Waals surface area contributed by atoms with Crippen molar-refractivity contribution < 1.29 is 59.0 Å². The summed E-state index contributed by atoms with van der Waals surface area (Å²) in [5, 5.41) is 53.9. The first-order valence-electron chi connectivity index (χ1n) is 15.3. The number of nitrogens with zero attached hydrogens (tertiary/aromatic N) is 1. The number of nitrogens with two attached hydrogens (primary N) is 3. The molecule has 8 atom stereocenters. The molecule has 0 aliphatic rings. The fourth-order valence-corrected chi connectivity index (χ4v) is 4.91. The van der Waals surface area contributed by atoms with Gasteiger partial charge in [-0.25, -0.2) is 9.69 Å². The predicted molar refractivity (Wildman–Crippen MR) is 171 cm³/mol. The summed E-state index contributed by atoms with van der Waals surface area (Å²) < 4.78 is 5.24. The largest absolute Gasteiger partial charge is 0.480 e. The Kier molecular flexibility index (Phi) is 15.9. The van der Waals surface area contributed by atoms with E-state index in [1.807, 2.05) is 0 Å². The number of carbonyl (C=O) groups excluding carboxylic acids is 5. The summed E-state index contributed by atoms with van der Waals surface area (Å²) in [5.74, 6) is -8.19. The fourth-order valence-electron chi connectivity index (χ4n) is 4.91. The highest BCUT2D eigenvalue weighted by molar-refractivity contribution is 6.01. The van der Waals surface area contributed by atoms with Crippen LogP contribution >= 0.6 is 0 Å². The molecule has 0 bridgehead atoms. The molecule has 49 heavy (non-hydrogen) atoms. The van der Waals surface area contributed by atoms with Crippen molar-refractivity contribution in [2.75, 3.05) is 6.61 Å². The highest BCUT2D eigenvalue weighted by Crippen LogP contribution is 2.24. The van der Waals surface area contributed by atoms with Gasteiger partial charge in [0.2, 0.25) is 17.7 Å². The molecule has 0 radical (unpaired) electrons. The van der Waals surface area contributed by atoms with Crippen LogP contribution in [0.5, 0.6) is 0 Å². The monoisotopic (exact) mass is 689 g/mol. The number of ether oxygens (including phenoxy) is 1. The van der Waals surface area contributed by atoms with Crippen LogP contribution in [-0.4, -0.2) is 115 Å². The van der Waals surface area contributed by atoms with Gasteiger partial charge in [0, 0.05) is 0 Å². The minimum atomic E-state index is -2.49. The van der Waals surface area contributed by atoms with E-state index in [-0.39, 0.29) is 18.6 Å². The first-order valence-corrected chi connectivity index (χ1v) is 15.3. The summed E-state index contributed by atoms with van der Waals surface area (Å²) in [6, 6.07) is 8.38. The van der Waals surface area contributed by atoms with Crippen molar-refractivity contribution in [1.82, 2.24) is 10.2 Å². The molecule has 2 rings (SSSR count). The minimum Gasteiger partial charge on any atom is -0.480 e. The van der Waals surface area contributed by atoms with Crippen LogP contribution in [0.25, 0.3) is 0 Å². The van der Waals surface area contributed by atoms with Gasteiger partial charge in [0.25, 0.3) is 0 Å². The first kappa shape index (κ1) is 40.4. The molecule has 12 N–H and O–H groups in total. The van der Waals surface area contributed by atoms with E-state index in [9.17, 15) is 54.3 Å². The van der Waals surface area contributed by atoms with Crippen molar-refractivity contribution in [2.45, 2.75) is 81.2 Å². The molecule has 0 saturated carbocycles. The maximum absolute atomic E-state index is 13.6. The van der Waals surface area contributed by atoms with Gasteiger partial charge in [-0.3, -0.25) is 24.0 Å². The Morgan fingerprint density at radius 2 is 1.47 bits per heavy atom. The molecule has 0 aliphatic carbocycles. The molecule has 0 heterocycles. The number of carbonyl (C=O) groups is 6. The van der Waals surface area contributed by atoms with Crippen molar-refractivity contribution in [3.63, 3.8) is 0 Å². The van der Waals surface area contributed by atoms with Gasteiger partial charge in [-0.15, -0.1) is 0 Å². The van der Waals surface area contributed by atoms with Gasteiger partial charge in [-0.05, 0) is 17.5 Å². The molecule has 0 fully saturated rings. The zero-order chi connectivity index (χ0) is 36.8. The van der Waals surface area contributed by atoms with Crippen molar-refractivity contribution in [1.29, 1.82) is 0 Å². The number of primary amides is 1. The van der Waals surface area contributed by atoms with Crippen LogP contribution in [0.4, 0.5) is 4.79 Å². The Labute approximate surface area is 281 Å². The van der Waals surface area contributed by atoms with Gasteiger partial charge in [0.15, 0.2) is 5.78 Å². The maximum atomic E-state index is 13.6. The number of Topliss-reactive ketones (excluding diaryl/α,β-unsaturated/α-hetero) is 1. The zero-order valence-electron chi connectivity index (χ0n) is 26.7. The number of benzene rings is 2. The number of aliphatic carboxylic acids is 1. The Bertz CT molecular complexity index is 1430. The molecule has 2 aromatic rings. The average molecular weight is 690 g/mol. The normalized spacial score (nSPS) is 16.1. The van der Waals surface area contributed by atoms with Crippen molar-refractivity contribution in [3.8, 4) is 0 Å². The Morgan fingerprint density at radius 3 is 1.98 bits per heavy atom. The van der Waals surface area contributed by atoms with Gasteiger partial charge in [-0.1, -0.05) is 74.0 Å². The highest BCUT2D eigenvalue weighted by atomic mass is 16.6. The highest BCUT2D eigenvalue weighted by Gasteiger charge is 2.44. The summed E-state index contributed by atoms with van der Waals surface area (Å²) in [5.41, 5.74) is 17.6. The molecule has 17 nitrogen and oxygen atoms in total. The molecule has 0 aromatic heterocycles. The van der Waals surface area contributed by atoms with Crippen LogP contribution in [0.3, 0.4) is 0 Å². The number of carboxylic acids is 1. The smallest absolute Gasteiger partial charge is 0.417 e. The number of rotatable bonds is 19. The average Bonchev–Trinajstić information content (AvgIpc) is 3.08. The number of aliphatic hydroxyl groups is 4. The van der Waals surface area contributed by atoms with Crippen LogP contribution in [-0.2, 0) is 35.3 Å².